The smallest absolute Gasteiger partial charge is 0.237 e. The van der Waals surface area contributed by atoms with Gasteiger partial charge in [0, 0.05) is 20.9 Å². The molecule has 146 valence electrons. The normalized spacial score (nSPS) is 16.0. The van der Waals surface area contributed by atoms with Crippen molar-refractivity contribution in [2.75, 3.05) is 11.4 Å². The summed E-state index contributed by atoms with van der Waals surface area (Å²) in [5.41, 5.74) is 1.86. The molecule has 0 radical (unpaired) electrons. The molecule has 0 aromatic heterocycles. The lowest BCUT2D eigenvalue weighted by atomic mass is 10.1. The minimum Gasteiger partial charge on any atom is -0.295 e. The maximum atomic E-state index is 13.3. The summed E-state index contributed by atoms with van der Waals surface area (Å²) in [6.45, 7) is 4.30. The van der Waals surface area contributed by atoms with Crippen LogP contribution in [0.5, 0.6) is 0 Å². The second-order valence-electron chi connectivity index (χ2n) is 6.48. The van der Waals surface area contributed by atoms with Gasteiger partial charge in [-0.15, -0.1) is 0 Å². The quantitative estimate of drug-likeness (QED) is 0.570. The molecular weight excluding hydrogens is 415 g/mol. The number of hydrogen-bond donors (Lipinski definition) is 0. The molecule has 0 saturated heterocycles. The minimum atomic E-state index is -0.173. The number of nitrogens with zero attached hydrogens (tertiary/aromatic N) is 2. The summed E-state index contributed by atoms with van der Waals surface area (Å²) >= 11 is 14.1. The minimum absolute atomic E-state index is 0.0223. The molecular formula is C21H20Cl2N2O2S. The molecule has 0 spiro atoms. The number of thioether (sulfide) groups is 1. The molecule has 2 aromatic rings. The van der Waals surface area contributed by atoms with E-state index in [1.165, 1.54) is 6.92 Å². The summed E-state index contributed by atoms with van der Waals surface area (Å²) in [6, 6.07) is 12.2. The number of carbonyl (C=O) groups is 2. The fraction of sp³-hybridized carbons (Fsp3) is 0.286. The van der Waals surface area contributed by atoms with Crippen LogP contribution < -0.4 is 4.90 Å². The number of anilines is 1. The summed E-state index contributed by atoms with van der Waals surface area (Å²) in [5.74, 6) is -0.195. The summed E-state index contributed by atoms with van der Waals surface area (Å²) in [4.78, 5) is 31.0. The van der Waals surface area contributed by atoms with Crippen LogP contribution in [0.4, 0.5) is 5.69 Å². The number of aliphatic imine (C=N–C) groups is 1. The van der Waals surface area contributed by atoms with E-state index in [0.717, 1.165) is 6.42 Å². The molecule has 28 heavy (non-hydrogen) atoms. The third-order valence-corrected chi connectivity index (χ3v) is 6.57. The van der Waals surface area contributed by atoms with Gasteiger partial charge in [0.2, 0.25) is 5.91 Å². The van der Waals surface area contributed by atoms with Crippen LogP contribution in [0.2, 0.25) is 10.0 Å². The Bertz CT molecular complexity index is 908. The van der Waals surface area contributed by atoms with Crippen LogP contribution in [-0.4, -0.2) is 28.7 Å². The number of amides is 1. The maximum absolute atomic E-state index is 13.3. The standard InChI is InChI=1S/C21H20Cl2N2O2S/c1-3-16-12-24-21(28-16)25(15-9-7-14(8-10-15)13(2)26)20(27)11-17-18(22)5-4-6-19(17)23/h4-10,16H,3,11-12H2,1-2H3. The molecule has 0 N–H and O–H groups in total. The highest BCUT2D eigenvalue weighted by Crippen LogP contribution is 2.31. The number of ketones is 1. The molecule has 3 rings (SSSR count). The largest absolute Gasteiger partial charge is 0.295 e. The Kier molecular flexibility index (Phi) is 6.81. The topological polar surface area (TPSA) is 49.7 Å². The predicted octanol–water partition coefficient (Wildman–Crippen LogP) is 5.65. The van der Waals surface area contributed by atoms with Gasteiger partial charge < -0.3 is 0 Å². The van der Waals surface area contributed by atoms with Gasteiger partial charge in [0.15, 0.2) is 11.0 Å². The van der Waals surface area contributed by atoms with Crippen LogP contribution in [0.1, 0.15) is 36.2 Å². The second kappa shape index (κ2) is 9.12. The molecule has 0 fully saturated rings. The van der Waals surface area contributed by atoms with E-state index in [2.05, 4.69) is 11.9 Å². The van der Waals surface area contributed by atoms with Crippen molar-refractivity contribution in [2.45, 2.75) is 31.9 Å². The van der Waals surface area contributed by atoms with E-state index >= 15 is 0 Å². The molecule has 2 aromatic carbocycles. The van der Waals surface area contributed by atoms with Crippen LogP contribution in [-0.2, 0) is 11.2 Å². The van der Waals surface area contributed by atoms with E-state index in [4.69, 9.17) is 23.2 Å². The number of benzene rings is 2. The van der Waals surface area contributed by atoms with E-state index in [1.54, 1.807) is 59.1 Å². The highest BCUT2D eigenvalue weighted by atomic mass is 35.5. The zero-order valence-electron chi connectivity index (χ0n) is 15.6. The van der Waals surface area contributed by atoms with Crippen molar-refractivity contribution >= 4 is 57.5 Å². The van der Waals surface area contributed by atoms with Crippen molar-refractivity contribution in [2.24, 2.45) is 4.99 Å². The van der Waals surface area contributed by atoms with Gasteiger partial charge in [-0.2, -0.15) is 0 Å². The van der Waals surface area contributed by atoms with Crippen molar-refractivity contribution < 1.29 is 9.59 Å². The molecule has 1 aliphatic heterocycles. The summed E-state index contributed by atoms with van der Waals surface area (Å²) in [5, 5.41) is 1.93. The van der Waals surface area contributed by atoms with Gasteiger partial charge >= 0.3 is 0 Å². The molecule has 7 heteroatoms. The molecule has 1 atom stereocenters. The van der Waals surface area contributed by atoms with Crippen LogP contribution >= 0.6 is 35.0 Å². The van der Waals surface area contributed by atoms with Crippen molar-refractivity contribution in [3.63, 3.8) is 0 Å². The third-order valence-electron chi connectivity index (χ3n) is 4.52. The zero-order valence-corrected chi connectivity index (χ0v) is 17.9. The first kappa shape index (κ1) is 20.9. The SMILES string of the molecule is CCC1CN=C(N(C(=O)Cc2c(Cl)cccc2Cl)c2ccc(C(C)=O)cc2)S1. The molecule has 0 bridgehead atoms. The van der Waals surface area contributed by atoms with Gasteiger partial charge in [-0.1, -0.05) is 48.0 Å². The van der Waals surface area contributed by atoms with Crippen molar-refractivity contribution in [3.05, 3.63) is 63.6 Å². The Labute approximate surface area is 178 Å². The Hall–Kier alpha value is -1.82. The number of amidine groups is 1. The molecule has 1 unspecified atom stereocenters. The Morgan fingerprint density at radius 2 is 1.79 bits per heavy atom. The van der Waals surface area contributed by atoms with Gasteiger partial charge in [0.05, 0.1) is 18.7 Å². The predicted molar refractivity (Wildman–Crippen MR) is 118 cm³/mol. The van der Waals surface area contributed by atoms with Crippen LogP contribution in [0, 0.1) is 0 Å². The van der Waals surface area contributed by atoms with Gasteiger partial charge in [-0.25, -0.2) is 0 Å². The van der Waals surface area contributed by atoms with E-state index in [-0.39, 0.29) is 18.1 Å². The van der Waals surface area contributed by atoms with Crippen LogP contribution in [0.25, 0.3) is 0 Å². The zero-order chi connectivity index (χ0) is 20.3. The fourth-order valence-corrected chi connectivity index (χ4v) is 4.48. The second-order valence-corrected chi connectivity index (χ2v) is 8.56. The highest BCUT2D eigenvalue weighted by molar-refractivity contribution is 8.15. The van der Waals surface area contributed by atoms with Gasteiger partial charge in [-0.05, 0) is 55.3 Å². The van der Waals surface area contributed by atoms with Gasteiger partial charge in [0.1, 0.15) is 0 Å². The van der Waals surface area contributed by atoms with E-state index in [9.17, 15) is 9.59 Å². The van der Waals surface area contributed by atoms with Crippen LogP contribution in [0.15, 0.2) is 47.5 Å². The number of carbonyl (C=O) groups excluding carboxylic acids is 2. The summed E-state index contributed by atoms with van der Waals surface area (Å²) in [6.07, 6.45) is 1.03. The monoisotopic (exact) mass is 434 g/mol. The van der Waals surface area contributed by atoms with Crippen molar-refractivity contribution in [3.8, 4) is 0 Å². The lowest BCUT2D eigenvalue weighted by Gasteiger charge is -2.23. The number of hydrogen-bond acceptors (Lipinski definition) is 4. The highest BCUT2D eigenvalue weighted by Gasteiger charge is 2.29. The van der Waals surface area contributed by atoms with Gasteiger partial charge in [0.25, 0.3) is 0 Å². The van der Waals surface area contributed by atoms with Gasteiger partial charge in [-0.3, -0.25) is 19.5 Å². The lowest BCUT2D eigenvalue weighted by Crippen LogP contribution is -2.36. The Morgan fingerprint density at radius 1 is 1.14 bits per heavy atom. The maximum Gasteiger partial charge on any atom is 0.237 e. The average molecular weight is 435 g/mol. The molecule has 1 amide bonds. The average Bonchev–Trinajstić information content (AvgIpc) is 3.14. The number of Topliss-reactive ketones (excluding diaryl/α,β-unsaturated/α-hetero) is 1. The molecule has 4 nitrogen and oxygen atoms in total. The lowest BCUT2D eigenvalue weighted by molar-refractivity contribution is -0.117. The Morgan fingerprint density at radius 3 is 2.32 bits per heavy atom. The van der Waals surface area contributed by atoms with Crippen molar-refractivity contribution in [1.82, 2.24) is 0 Å². The van der Waals surface area contributed by atoms with E-state index in [1.807, 2.05) is 0 Å². The molecule has 0 saturated carbocycles. The molecule has 1 heterocycles. The summed E-state index contributed by atoms with van der Waals surface area (Å²) < 4.78 is 0. The molecule has 0 aliphatic carbocycles. The number of rotatable bonds is 5. The Balaban J connectivity index is 1.94. The number of halogens is 2. The fourth-order valence-electron chi connectivity index (χ4n) is 2.88. The first-order valence-corrected chi connectivity index (χ1v) is 10.6. The first-order valence-electron chi connectivity index (χ1n) is 8.98. The van der Waals surface area contributed by atoms with Crippen LogP contribution in [0.3, 0.4) is 0 Å². The third kappa shape index (κ3) is 4.59. The first-order chi connectivity index (χ1) is 13.4. The van der Waals surface area contributed by atoms with E-state index < -0.39 is 0 Å². The molecule has 1 aliphatic rings. The van der Waals surface area contributed by atoms with E-state index in [0.29, 0.717) is 43.8 Å². The summed E-state index contributed by atoms with van der Waals surface area (Å²) in [7, 11) is 0. The van der Waals surface area contributed by atoms with Crippen molar-refractivity contribution in [1.29, 1.82) is 0 Å².